The molecule has 0 aliphatic carbocycles. The minimum atomic E-state index is -0.609. The summed E-state index contributed by atoms with van der Waals surface area (Å²) in [7, 11) is 0. The molecule has 1 aromatic carbocycles. The summed E-state index contributed by atoms with van der Waals surface area (Å²) in [6.07, 6.45) is 2.40. The number of likely N-dealkylation sites (tertiary alicyclic amines) is 1. The summed E-state index contributed by atoms with van der Waals surface area (Å²) in [6, 6.07) is 6.92. The Morgan fingerprint density at radius 2 is 2.00 bits per heavy atom. The Morgan fingerprint density at radius 3 is 2.67 bits per heavy atom. The van der Waals surface area contributed by atoms with Crippen LogP contribution in [0.15, 0.2) is 24.3 Å². The van der Waals surface area contributed by atoms with E-state index in [0.29, 0.717) is 12.1 Å². The van der Waals surface area contributed by atoms with E-state index in [1.165, 1.54) is 0 Å². The van der Waals surface area contributed by atoms with E-state index in [1.807, 2.05) is 13.8 Å². The van der Waals surface area contributed by atoms with Crippen molar-refractivity contribution in [3.63, 3.8) is 0 Å². The molecule has 2 unspecified atom stereocenters. The van der Waals surface area contributed by atoms with Crippen LogP contribution >= 0.6 is 0 Å². The van der Waals surface area contributed by atoms with Crippen molar-refractivity contribution in [3.05, 3.63) is 24.3 Å². The highest BCUT2D eigenvalue weighted by molar-refractivity contribution is 5.94. The maximum absolute atomic E-state index is 12.3. The van der Waals surface area contributed by atoms with Crippen LogP contribution in [0.25, 0.3) is 0 Å². The molecule has 0 radical (unpaired) electrons. The van der Waals surface area contributed by atoms with Gasteiger partial charge in [-0.2, -0.15) is 0 Å². The summed E-state index contributed by atoms with van der Waals surface area (Å²) in [5, 5.41) is 13.0. The van der Waals surface area contributed by atoms with Gasteiger partial charge in [-0.1, -0.05) is 0 Å². The fraction of sp³-hybridized carbons (Fsp3) is 0.562. The van der Waals surface area contributed by atoms with E-state index in [-0.39, 0.29) is 11.9 Å². The van der Waals surface area contributed by atoms with Gasteiger partial charge in [-0.15, -0.1) is 0 Å². The van der Waals surface area contributed by atoms with Crippen molar-refractivity contribution < 1.29 is 9.90 Å². The maximum atomic E-state index is 12.3. The average molecular weight is 291 g/mol. The van der Waals surface area contributed by atoms with Gasteiger partial charge in [0, 0.05) is 17.9 Å². The number of rotatable bonds is 3. The van der Waals surface area contributed by atoms with Crippen LogP contribution in [0.4, 0.5) is 11.4 Å². The van der Waals surface area contributed by atoms with E-state index in [2.05, 4.69) is 10.2 Å². The normalized spacial score (nSPS) is 25.1. The molecule has 1 amide bonds. The Morgan fingerprint density at radius 1 is 1.33 bits per heavy atom. The third-order valence-corrected chi connectivity index (χ3v) is 4.20. The second kappa shape index (κ2) is 6.45. The second-order valence-electron chi connectivity index (χ2n) is 6.17. The molecule has 5 nitrogen and oxygen atoms in total. The smallest absolute Gasteiger partial charge is 0.241 e. The minimum absolute atomic E-state index is 0.0266. The monoisotopic (exact) mass is 291 g/mol. The summed E-state index contributed by atoms with van der Waals surface area (Å²) >= 11 is 0. The van der Waals surface area contributed by atoms with Crippen LogP contribution in [0.5, 0.6) is 0 Å². The molecule has 0 aromatic heterocycles. The number of nitrogens with two attached hydrogens (primary N) is 1. The summed E-state index contributed by atoms with van der Waals surface area (Å²) in [6.45, 7) is 5.36. The van der Waals surface area contributed by atoms with Crippen molar-refractivity contribution in [1.82, 2.24) is 4.90 Å². The molecular weight excluding hydrogens is 266 g/mol. The zero-order valence-corrected chi connectivity index (χ0v) is 12.8. The molecule has 1 fully saturated rings. The Balaban J connectivity index is 1.94. The van der Waals surface area contributed by atoms with Crippen LogP contribution in [-0.2, 0) is 4.79 Å². The molecule has 5 heteroatoms. The Labute approximate surface area is 126 Å². The second-order valence-corrected chi connectivity index (χ2v) is 6.17. The lowest BCUT2D eigenvalue weighted by Gasteiger charge is -2.27. The first kappa shape index (κ1) is 15.8. The number of nitrogen functional groups attached to an aromatic ring is 1. The van der Waals surface area contributed by atoms with Crippen molar-refractivity contribution >= 4 is 17.3 Å². The van der Waals surface area contributed by atoms with Gasteiger partial charge in [0.1, 0.15) is 0 Å². The predicted octanol–water partition coefficient (Wildman–Crippen LogP) is 1.83. The molecule has 0 saturated carbocycles. The fourth-order valence-electron chi connectivity index (χ4n) is 2.65. The highest BCUT2D eigenvalue weighted by atomic mass is 16.3. The van der Waals surface area contributed by atoms with E-state index in [0.717, 1.165) is 31.6 Å². The van der Waals surface area contributed by atoms with Gasteiger partial charge in [-0.3, -0.25) is 9.69 Å². The van der Waals surface area contributed by atoms with Crippen molar-refractivity contribution in [2.24, 2.45) is 0 Å². The van der Waals surface area contributed by atoms with E-state index in [4.69, 9.17) is 5.73 Å². The van der Waals surface area contributed by atoms with Crippen molar-refractivity contribution in [2.45, 2.75) is 44.8 Å². The Kier molecular flexibility index (Phi) is 4.85. The first-order chi connectivity index (χ1) is 9.87. The summed E-state index contributed by atoms with van der Waals surface area (Å²) < 4.78 is 0. The summed E-state index contributed by atoms with van der Waals surface area (Å²) in [4.78, 5) is 14.5. The van der Waals surface area contributed by atoms with Gasteiger partial charge in [0.05, 0.1) is 11.6 Å². The number of anilines is 2. The molecular formula is C16H25N3O2. The largest absolute Gasteiger partial charge is 0.399 e. The molecule has 1 aromatic rings. The predicted molar refractivity (Wildman–Crippen MR) is 85.0 cm³/mol. The van der Waals surface area contributed by atoms with Crippen molar-refractivity contribution in [1.29, 1.82) is 0 Å². The number of nitrogens with zero attached hydrogens (tertiary/aromatic N) is 1. The number of carbonyl (C=O) groups excluding carboxylic acids is 1. The van der Waals surface area contributed by atoms with Crippen molar-refractivity contribution in [2.75, 3.05) is 24.1 Å². The number of benzene rings is 1. The molecule has 1 saturated heterocycles. The third-order valence-electron chi connectivity index (χ3n) is 4.20. The molecule has 21 heavy (non-hydrogen) atoms. The molecule has 1 aliphatic heterocycles. The van der Waals surface area contributed by atoms with E-state index >= 15 is 0 Å². The van der Waals surface area contributed by atoms with Gasteiger partial charge in [-0.05, 0) is 63.9 Å². The molecule has 1 heterocycles. The quantitative estimate of drug-likeness (QED) is 0.742. The molecule has 0 bridgehead atoms. The van der Waals surface area contributed by atoms with Crippen molar-refractivity contribution in [3.8, 4) is 0 Å². The number of hydrogen-bond acceptors (Lipinski definition) is 4. The lowest BCUT2D eigenvalue weighted by molar-refractivity contribution is -0.120. The summed E-state index contributed by atoms with van der Waals surface area (Å²) in [5.74, 6) is -0.0266. The van der Waals surface area contributed by atoms with Gasteiger partial charge in [-0.25, -0.2) is 0 Å². The molecule has 4 N–H and O–H groups in total. The average Bonchev–Trinajstić information content (AvgIpc) is 2.61. The van der Waals surface area contributed by atoms with Gasteiger partial charge in [0.25, 0.3) is 0 Å². The highest BCUT2D eigenvalue weighted by Crippen LogP contribution is 2.22. The minimum Gasteiger partial charge on any atom is -0.399 e. The Bertz CT molecular complexity index is 485. The standard InChI is InChI=1S/C16H25N3O2/c1-12(19-10-3-8-16(2,21)9-11-19)15(20)18-14-6-4-13(17)5-7-14/h4-7,12,21H,3,8-11,17H2,1-2H3,(H,18,20). The van der Waals surface area contributed by atoms with E-state index in [9.17, 15) is 9.90 Å². The SMILES string of the molecule is CC(C(=O)Nc1ccc(N)cc1)N1CCCC(C)(O)CC1. The van der Waals surface area contributed by atoms with Crippen LogP contribution in [0.2, 0.25) is 0 Å². The number of aliphatic hydroxyl groups is 1. The van der Waals surface area contributed by atoms with Crippen LogP contribution in [0, 0.1) is 0 Å². The van der Waals surface area contributed by atoms with Gasteiger partial charge >= 0.3 is 0 Å². The van der Waals surface area contributed by atoms with Gasteiger partial charge < -0.3 is 16.2 Å². The zero-order chi connectivity index (χ0) is 15.5. The zero-order valence-electron chi connectivity index (χ0n) is 12.8. The first-order valence-corrected chi connectivity index (χ1v) is 7.50. The van der Waals surface area contributed by atoms with Crippen LogP contribution in [0.1, 0.15) is 33.1 Å². The molecule has 2 rings (SSSR count). The van der Waals surface area contributed by atoms with Crippen LogP contribution in [-0.4, -0.2) is 40.6 Å². The maximum Gasteiger partial charge on any atom is 0.241 e. The topological polar surface area (TPSA) is 78.6 Å². The molecule has 1 aliphatic rings. The van der Waals surface area contributed by atoms with E-state index in [1.54, 1.807) is 24.3 Å². The number of hydrogen-bond donors (Lipinski definition) is 3. The summed E-state index contributed by atoms with van der Waals surface area (Å²) in [5.41, 5.74) is 6.45. The first-order valence-electron chi connectivity index (χ1n) is 7.50. The lowest BCUT2D eigenvalue weighted by atomic mass is 9.98. The molecule has 0 spiro atoms. The molecule has 2 atom stereocenters. The van der Waals surface area contributed by atoms with Gasteiger partial charge in [0.2, 0.25) is 5.91 Å². The van der Waals surface area contributed by atoms with Crippen LogP contribution < -0.4 is 11.1 Å². The number of carbonyl (C=O) groups is 1. The third kappa shape index (κ3) is 4.44. The number of nitrogens with one attached hydrogen (secondary N) is 1. The highest BCUT2D eigenvalue weighted by Gasteiger charge is 2.29. The lowest BCUT2D eigenvalue weighted by Crippen LogP contribution is -2.43. The van der Waals surface area contributed by atoms with E-state index < -0.39 is 5.60 Å². The fourth-order valence-corrected chi connectivity index (χ4v) is 2.65. The molecule has 116 valence electrons. The van der Waals surface area contributed by atoms with Gasteiger partial charge in [0.15, 0.2) is 0 Å². The Hall–Kier alpha value is -1.59. The number of amides is 1. The van der Waals surface area contributed by atoms with Crippen LogP contribution in [0.3, 0.4) is 0 Å².